The lowest BCUT2D eigenvalue weighted by atomic mass is 10.2. The van der Waals surface area contributed by atoms with Crippen molar-refractivity contribution in [2.45, 2.75) is 11.8 Å². The summed E-state index contributed by atoms with van der Waals surface area (Å²) in [4.78, 5) is 11.8. The van der Waals surface area contributed by atoms with Gasteiger partial charge in [0, 0.05) is 0 Å². The Kier molecular flexibility index (Phi) is 5.76. The number of carbonyl (C=O) groups is 1. The minimum atomic E-state index is -3.68. The van der Waals surface area contributed by atoms with Crippen LogP contribution in [0.3, 0.4) is 0 Å². The van der Waals surface area contributed by atoms with Crippen molar-refractivity contribution in [2.24, 2.45) is 0 Å². The first-order valence-corrected chi connectivity index (χ1v) is 8.75. The highest BCUT2D eigenvalue weighted by Crippen LogP contribution is 2.12. The molecule has 2 rings (SSSR count). The molecule has 0 fully saturated rings. The van der Waals surface area contributed by atoms with Crippen LogP contribution >= 0.6 is 0 Å². The average Bonchev–Trinajstić information content (AvgIpc) is 2.52. The van der Waals surface area contributed by atoms with Crippen molar-refractivity contribution in [3.05, 3.63) is 60.2 Å². The molecule has 0 N–H and O–H groups in total. The lowest BCUT2D eigenvalue weighted by Crippen LogP contribution is -2.21. The van der Waals surface area contributed by atoms with Gasteiger partial charge in [-0.05, 0) is 31.2 Å². The number of sulfone groups is 1. The Labute approximate surface area is 135 Å². The summed E-state index contributed by atoms with van der Waals surface area (Å²) in [5, 5.41) is 0. The first kappa shape index (κ1) is 17.0. The molecule has 23 heavy (non-hydrogen) atoms. The number of rotatable bonds is 7. The van der Waals surface area contributed by atoms with Crippen molar-refractivity contribution in [3.63, 3.8) is 0 Å². The van der Waals surface area contributed by atoms with Crippen LogP contribution < -0.4 is 4.74 Å². The van der Waals surface area contributed by atoms with Crippen molar-refractivity contribution < 1.29 is 22.7 Å². The number of benzene rings is 2. The zero-order valence-electron chi connectivity index (χ0n) is 12.8. The molecule has 0 atom stereocenters. The molecule has 0 bridgehead atoms. The van der Waals surface area contributed by atoms with Gasteiger partial charge in [0.1, 0.15) is 19.0 Å². The van der Waals surface area contributed by atoms with Gasteiger partial charge < -0.3 is 9.47 Å². The van der Waals surface area contributed by atoms with Gasteiger partial charge in [-0.1, -0.05) is 35.9 Å². The maximum absolute atomic E-state index is 12.1. The molecule has 0 aliphatic carbocycles. The van der Waals surface area contributed by atoms with E-state index in [1.807, 2.05) is 25.1 Å². The van der Waals surface area contributed by atoms with Crippen molar-refractivity contribution in [1.29, 1.82) is 0 Å². The van der Waals surface area contributed by atoms with Gasteiger partial charge in [0.15, 0.2) is 15.6 Å². The van der Waals surface area contributed by atoms with Gasteiger partial charge in [0.05, 0.1) is 4.90 Å². The molecular weight excluding hydrogens is 316 g/mol. The highest BCUT2D eigenvalue weighted by molar-refractivity contribution is 7.92. The van der Waals surface area contributed by atoms with E-state index in [-0.39, 0.29) is 18.1 Å². The van der Waals surface area contributed by atoms with E-state index < -0.39 is 21.6 Å². The van der Waals surface area contributed by atoms with E-state index in [2.05, 4.69) is 0 Å². The largest absolute Gasteiger partial charge is 0.490 e. The summed E-state index contributed by atoms with van der Waals surface area (Å²) >= 11 is 0. The van der Waals surface area contributed by atoms with Crippen LogP contribution in [0.5, 0.6) is 5.75 Å². The van der Waals surface area contributed by atoms with Gasteiger partial charge in [0.25, 0.3) is 0 Å². The van der Waals surface area contributed by atoms with E-state index in [0.717, 1.165) is 5.56 Å². The first-order valence-electron chi connectivity index (χ1n) is 7.10. The number of para-hydroxylation sites is 1. The van der Waals surface area contributed by atoms with Crippen LogP contribution in [0.15, 0.2) is 59.5 Å². The number of esters is 1. The molecule has 6 heteroatoms. The highest BCUT2D eigenvalue weighted by atomic mass is 32.2. The Balaban J connectivity index is 1.79. The second-order valence-electron chi connectivity index (χ2n) is 4.95. The molecule has 2 aromatic carbocycles. The summed E-state index contributed by atoms with van der Waals surface area (Å²) in [5.41, 5.74) is 0.949. The topological polar surface area (TPSA) is 69.7 Å². The number of carbonyl (C=O) groups excluding carboxylic acids is 1. The van der Waals surface area contributed by atoms with Gasteiger partial charge in [-0.25, -0.2) is 8.42 Å². The van der Waals surface area contributed by atoms with E-state index in [1.165, 1.54) is 12.1 Å². The van der Waals surface area contributed by atoms with Crippen LogP contribution in [-0.2, 0) is 19.4 Å². The molecule has 0 aliphatic heterocycles. The Bertz CT molecular complexity index is 736. The fourth-order valence-corrected chi connectivity index (χ4v) is 2.97. The summed E-state index contributed by atoms with van der Waals surface area (Å²) in [6.07, 6.45) is 0. The second kappa shape index (κ2) is 7.78. The molecule has 0 saturated heterocycles. The normalized spacial score (nSPS) is 11.0. The van der Waals surface area contributed by atoms with Crippen molar-refractivity contribution in [2.75, 3.05) is 19.0 Å². The third kappa shape index (κ3) is 5.41. The van der Waals surface area contributed by atoms with Gasteiger partial charge in [-0.3, -0.25) is 4.79 Å². The predicted octanol–water partition coefficient (Wildman–Crippen LogP) is 2.39. The quantitative estimate of drug-likeness (QED) is 0.574. The average molecular weight is 334 g/mol. The van der Waals surface area contributed by atoms with Crippen molar-refractivity contribution in [1.82, 2.24) is 0 Å². The predicted molar refractivity (Wildman–Crippen MR) is 86.1 cm³/mol. The smallest absolute Gasteiger partial charge is 0.321 e. The van der Waals surface area contributed by atoms with E-state index >= 15 is 0 Å². The lowest BCUT2D eigenvalue weighted by molar-refractivity contribution is -0.141. The Morgan fingerprint density at radius 2 is 1.61 bits per heavy atom. The third-order valence-electron chi connectivity index (χ3n) is 3.05. The van der Waals surface area contributed by atoms with Crippen LogP contribution in [0.25, 0.3) is 0 Å². The summed E-state index contributed by atoms with van der Waals surface area (Å²) < 4.78 is 34.4. The summed E-state index contributed by atoms with van der Waals surface area (Å²) in [5.74, 6) is -0.806. The zero-order valence-corrected chi connectivity index (χ0v) is 13.6. The Morgan fingerprint density at radius 3 is 2.26 bits per heavy atom. The van der Waals surface area contributed by atoms with Crippen molar-refractivity contribution >= 4 is 15.8 Å². The van der Waals surface area contributed by atoms with E-state index in [0.29, 0.717) is 5.75 Å². The van der Waals surface area contributed by atoms with Crippen LogP contribution in [0.2, 0.25) is 0 Å². The van der Waals surface area contributed by atoms with Gasteiger partial charge in [-0.2, -0.15) is 0 Å². The molecule has 2 aromatic rings. The highest BCUT2D eigenvalue weighted by Gasteiger charge is 2.20. The minimum Gasteiger partial charge on any atom is -0.490 e. The Morgan fingerprint density at radius 1 is 0.957 bits per heavy atom. The van der Waals surface area contributed by atoms with E-state index in [9.17, 15) is 13.2 Å². The van der Waals surface area contributed by atoms with E-state index in [1.54, 1.807) is 24.3 Å². The number of hydrogen-bond acceptors (Lipinski definition) is 5. The van der Waals surface area contributed by atoms with Gasteiger partial charge in [0.2, 0.25) is 0 Å². The van der Waals surface area contributed by atoms with E-state index in [4.69, 9.17) is 9.47 Å². The number of ether oxygens (including phenoxy) is 2. The van der Waals surface area contributed by atoms with Crippen LogP contribution in [0.4, 0.5) is 0 Å². The Hall–Kier alpha value is -2.34. The van der Waals surface area contributed by atoms with Gasteiger partial charge in [-0.15, -0.1) is 0 Å². The molecule has 0 radical (unpaired) electrons. The minimum absolute atomic E-state index is 0.00283. The molecule has 0 aromatic heterocycles. The SMILES string of the molecule is Cc1ccc(S(=O)(=O)CC(=O)OCCOc2ccccc2)cc1. The molecule has 0 unspecified atom stereocenters. The maximum Gasteiger partial charge on any atom is 0.321 e. The third-order valence-corrected chi connectivity index (χ3v) is 4.65. The molecule has 0 spiro atoms. The molecule has 5 nitrogen and oxygen atoms in total. The summed E-state index contributed by atoms with van der Waals surface area (Å²) in [7, 11) is -3.68. The lowest BCUT2D eigenvalue weighted by Gasteiger charge is -2.08. The summed E-state index contributed by atoms with van der Waals surface area (Å²) in [6.45, 7) is 2.02. The molecule has 122 valence electrons. The standard InChI is InChI=1S/C17H18O5S/c1-14-7-9-16(10-8-14)23(19,20)13-17(18)22-12-11-21-15-5-3-2-4-6-15/h2-10H,11-13H2,1H3. The maximum atomic E-state index is 12.1. The first-order chi connectivity index (χ1) is 11.0. The number of hydrogen-bond donors (Lipinski definition) is 0. The van der Waals surface area contributed by atoms with Crippen LogP contribution in [0, 0.1) is 6.92 Å². The summed E-state index contributed by atoms with van der Waals surface area (Å²) in [6, 6.07) is 15.4. The number of aryl methyl sites for hydroxylation is 1. The fraction of sp³-hybridized carbons (Fsp3) is 0.235. The van der Waals surface area contributed by atoms with Crippen LogP contribution in [-0.4, -0.2) is 33.4 Å². The molecule has 0 amide bonds. The molecular formula is C17H18O5S. The molecule has 0 aliphatic rings. The monoisotopic (exact) mass is 334 g/mol. The van der Waals surface area contributed by atoms with Gasteiger partial charge >= 0.3 is 5.97 Å². The molecule has 0 saturated carbocycles. The second-order valence-corrected chi connectivity index (χ2v) is 6.94. The zero-order chi connectivity index (χ0) is 16.7. The molecule has 0 heterocycles. The van der Waals surface area contributed by atoms with Crippen molar-refractivity contribution in [3.8, 4) is 5.75 Å². The van der Waals surface area contributed by atoms with Crippen LogP contribution in [0.1, 0.15) is 5.56 Å². The fourth-order valence-electron chi connectivity index (χ4n) is 1.86.